The number of nitriles is 1. The molecule has 3 rings (SSSR count). The standard InChI is InChI=1S/C15H7F3N2O/c16-15(17,18)14(21)9-5-6-13-11(7-19)10-3-1-2-4-12(10)20(13)8-9/h1-6,8H. The first kappa shape index (κ1) is 13.2. The maximum absolute atomic E-state index is 12.5. The summed E-state index contributed by atoms with van der Waals surface area (Å²) in [6.45, 7) is 0. The van der Waals surface area contributed by atoms with Crippen LogP contribution in [0.3, 0.4) is 0 Å². The van der Waals surface area contributed by atoms with E-state index in [-0.39, 0.29) is 0 Å². The molecule has 2 aromatic heterocycles. The van der Waals surface area contributed by atoms with Crippen molar-refractivity contribution in [1.82, 2.24) is 4.40 Å². The lowest BCUT2D eigenvalue weighted by atomic mass is 10.1. The third kappa shape index (κ3) is 1.94. The summed E-state index contributed by atoms with van der Waals surface area (Å²) in [5, 5.41) is 9.86. The molecule has 0 aliphatic carbocycles. The Morgan fingerprint density at radius 2 is 1.81 bits per heavy atom. The lowest BCUT2D eigenvalue weighted by Crippen LogP contribution is -2.22. The largest absolute Gasteiger partial charge is 0.454 e. The minimum atomic E-state index is -4.92. The topological polar surface area (TPSA) is 45.3 Å². The summed E-state index contributed by atoms with van der Waals surface area (Å²) in [7, 11) is 0. The fraction of sp³-hybridized carbons (Fsp3) is 0.0667. The molecule has 0 aliphatic heterocycles. The first-order valence-corrected chi connectivity index (χ1v) is 5.98. The van der Waals surface area contributed by atoms with Gasteiger partial charge in [0.15, 0.2) is 0 Å². The number of rotatable bonds is 1. The summed E-state index contributed by atoms with van der Waals surface area (Å²) in [6, 6.07) is 11.3. The van der Waals surface area contributed by atoms with Crippen molar-refractivity contribution in [3.8, 4) is 6.07 Å². The Hall–Kier alpha value is -2.81. The molecule has 0 N–H and O–H groups in total. The van der Waals surface area contributed by atoms with E-state index in [1.54, 1.807) is 24.3 Å². The summed E-state index contributed by atoms with van der Waals surface area (Å²) in [6.07, 6.45) is -3.80. The molecule has 104 valence electrons. The summed E-state index contributed by atoms with van der Waals surface area (Å²) in [5.41, 5.74) is 0.968. The summed E-state index contributed by atoms with van der Waals surface area (Å²) >= 11 is 0. The quantitative estimate of drug-likeness (QED) is 0.641. The summed E-state index contributed by atoms with van der Waals surface area (Å²) < 4.78 is 39.0. The van der Waals surface area contributed by atoms with Crippen LogP contribution >= 0.6 is 0 Å². The molecule has 21 heavy (non-hydrogen) atoms. The predicted molar refractivity (Wildman–Crippen MR) is 70.0 cm³/mol. The highest BCUT2D eigenvalue weighted by atomic mass is 19.4. The van der Waals surface area contributed by atoms with Gasteiger partial charge in [0, 0.05) is 17.1 Å². The number of aromatic nitrogens is 1. The Bertz CT molecular complexity index is 916. The number of benzene rings is 1. The first-order valence-electron chi connectivity index (χ1n) is 5.98. The number of halogens is 3. The van der Waals surface area contributed by atoms with E-state index in [0.717, 1.165) is 12.3 Å². The van der Waals surface area contributed by atoms with Gasteiger partial charge in [0.2, 0.25) is 0 Å². The molecule has 0 radical (unpaired) electrons. The van der Waals surface area contributed by atoms with Crippen LogP contribution in [0.25, 0.3) is 16.4 Å². The number of pyridine rings is 1. The number of nitrogens with zero attached hydrogens (tertiary/aromatic N) is 2. The highest BCUT2D eigenvalue weighted by Gasteiger charge is 2.39. The van der Waals surface area contributed by atoms with Crippen LogP contribution in [-0.2, 0) is 0 Å². The molecular formula is C15H7F3N2O. The molecule has 2 heterocycles. The van der Waals surface area contributed by atoms with Gasteiger partial charge in [-0.05, 0) is 18.2 Å². The van der Waals surface area contributed by atoms with Crippen LogP contribution in [0.2, 0.25) is 0 Å². The Kier molecular flexibility index (Phi) is 2.73. The Labute approximate surface area is 116 Å². The fourth-order valence-electron chi connectivity index (χ4n) is 2.35. The number of hydrogen-bond acceptors (Lipinski definition) is 2. The number of carbonyl (C=O) groups is 1. The maximum Gasteiger partial charge on any atom is 0.454 e. The number of fused-ring (bicyclic) bond motifs is 3. The molecule has 0 saturated carbocycles. The van der Waals surface area contributed by atoms with Gasteiger partial charge in [0.25, 0.3) is 5.78 Å². The predicted octanol–water partition coefficient (Wildman–Crippen LogP) is 3.71. The molecule has 0 aliphatic rings. The SMILES string of the molecule is N#Cc1c2ccccc2n2cc(C(=O)C(F)(F)F)ccc12. The minimum Gasteiger partial charge on any atom is -0.314 e. The van der Waals surface area contributed by atoms with E-state index in [0.29, 0.717) is 22.0 Å². The van der Waals surface area contributed by atoms with Crippen LogP contribution in [0.5, 0.6) is 0 Å². The Morgan fingerprint density at radius 3 is 2.48 bits per heavy atom. The smallest absolute Gasteiger partial charge is 0.314 e. The molecule has 0 spiro atoms. The van der Waals surface area contributed by atoms with E-state index in [1.165, 1.54) is 10.5 Å². The molecule has 0 amide bonds. The summed E-state index contributed by atoms with van der Waals surface area (Å²) in [5.74, 6) is -1.90. The van der Waals surface area contributed by atoms with Crippen LogP contribution in [0, 0.1) is 11.3 Å². The Morgan fingerprint density at radius 1 is 1.10 bits per heavy atom. The van der Waals surface area contributed by atoms with E-state index in [9.17, 15) is 23.2 Å². The number of hydrogen-bond donors (Lipinski definition) is 0. The van der Waals surface area contributed by atoms with Crippen molar-refractivity contribution in [1.29, 1.82) is 5.26 Å². The van der Waals surface area contributed by atoms with E-state index in [4.69, 9.17) is 0 Å². The first-order chi connectivity index (χ1) is 9.93. The summed E-state index contributed by atoms with van der Waals surface area (Å²) in [4.78, 5) is 11.3. The van der Waals surface area contributed by atoms with E-state index < -0.39 is 17.5 Å². The zero-order valence-electron chi connectivity index (χ0n) is 10.5. The molecular weight excluding hydrogens is 281 g/mol. The monoisotopic (exact) mass is 288 g/mol. The molecule has 6 heteroatoms. The normalized spacial score (nSPS) is 11.7. The van der Waals surface area contributed by atoms with Crippen molar-refractivity contribution in [3.63, 3.8) is 0 Å². The van der Waals surface area contributed by atoms with Crippen molar-refractivity contribution >= 4 is 22.2 Å². The van der Waals surface area contributed by atoms with Gasteiger partial charge in [0.1, 0.15) is 6.07 Å². The molecule has 0 atom stereocenters. The number of para-hydroxylation sites is 1. The third-order valence-electron chi connectivity index (χ3n) is 3.27. The van der Waals surface area contributed by atoms with E-state index in [1.807, 2.05) is 6.07 Å². The molecule has 0 fully saturated rings. The van der Waals surface area contributed by atoms with Gasteiger partial charge in [0.05, 0.1) is 16.6 Å². The zero-order chi connectivity index (χ0) is 15.2. The van der Waals surface area contributed by atoms with Gasteiger partial charge in [-0.1, -0.05) is 18.2 Å². The van der Waals surface area contributed by atoms with Crippen LogP contribution in [-0.4, -0.2) is 16.4 Å². The molecule has 1 aromatic carbocycles. The highest BCUT2D eigenvalue weighted by Crippen LogP contribution is 2.28. The van der Waals surface area contributed by atoms with Gasteiger partial charge < -0.3 is 4.40 Å². The number of carbonyl (C=O) groups excluding carboxylic acids is 1. The van der Waals surface area contributed by atoms with Crippen molar-refractivity contribution in [2.45, 2.75) is 6.18 Å². The van der Waals surface area contributed by atoms with Gasteiger partial charge in [-0.25, -0.2) is 0 Å². The fourth-order valence-corrected chi connectivity index (χ4v) is 2.35. The third-order valence-corrected chi connectivity index (χ3v) is 3.27. The van der Waals surface area contributed by atoms with Crippen LogP contribution in [0.15, 0.2) is 42.6 Å². The van der Waals surface area contributed by atoms with E-state index in [2.05, 4.69) is 0 Å². The van der Waals surface area contributed by atoms with Crippen LogP contribution in [0.4, 0.5) is 13.2 Å². The second kappa shape index (κ2) is 4.35. The highest BCUT2D eigenvalue weighted by molar-refractivity contribution is 6.02. The van der Waals surface area contributed by atoms with Crippen LogP contribution < -0.4 is 0 Å². The number of ketones is 1. The number of Topliss-reactive ketones (excluding diaryl/α,β-unsaturated/α-hetero) is 1. The lowest BCUT2D eigenvalue weighted by molar-refractivity contribution is -0.0885. The van der Waals surface area contributed by atoms with Crippen LogP contribution in [0.1, 0.15) is 15.9 Å². The Balaban J connectivity index is 2.35. The van der Waals surface area contributed by atoms with Crippen molar-refractivity contribution in [3.05, 3.63) is 53.7 Å². The number of alkyl halides is 3. The van der Waals surface area contributed by atoms with Crippen molar-refractivity contribution in [2.24, 2.45) is 0 Å². The molecule has 0 bridgehead atoms. The minimum absolute atomic E-state index is 0.372. The zero-order valence-corrected chi connectivity index (χ0v) is 10.5. The van der Waals surface area contributed by atoms with Crippen molar-refractivity contribution in [2.75, 3.05) is 0 Å². The second-order valence-corrected chi connectivity index (χ2v) is 4.50. The van der Waals surface area contributed by atoms with Gasteiger partial charge in [-0.15, -0.1) is 0 Å². The molecule has 3 aromatic rings. The maximum atomic E-state index is 12.5. The van der Waals surface area contributed by atoms with E-state index >= 15 is 0 Å². The van der Waals surface area contributed by atoms with Crippen molar-refractivity contribution < 1.29 is 18.0 Å². The van der Waals surface area contributed by atoms with Gasteiger partial charge >= 0.3 is 6.18 Å². The molecule has 0 unspecified atom stereocenters. The second-order valence-electron chi connectivity index (χ2n) is 4.50. The average molecular weight is 288 g/mol. The average Bonchev–Trinajstić information content (AvgIpc) is 2.78. The van der Waals surface area contributed by atoms with Gasteiger partial charge in [-0.2, -0.15) is 18.4 Å². The molecule has 0 saturated heterocycles. The molecule has 3 nitrogen and oxygen atoms in total. The van der Waals surface area contributed by atoms with Gasteiger partial charge in [-0.3, -0.25) is 4.79 Å². The lowest BCUT2D eigenvalue weighted by Gasteiger charge is -2.06.